The molecule has 0 spiro atoms. The molecule has 2 rings (SSSR count). The summed E-state index contributed by atoms with van der Waals surface area (Å²) in [6.45, 7) is 10.0. The SMILES string of the molecule is CC(NCC(C)(C)C)c1ccc2ccccc2c1. The van der Waals surface area contributed by atoms with Crippen molar-refractivity contribution in [3.05, 3.63) is 48.0 Å². The van der Waals surface area contributed by atoms with Crippen LogP contribution in [0.25, 0.3) is 10.8 Å². The van der Waals surface area contributed by atoms with E-state index < -0.39 is 0 Å². The van der Waals surface area contributed by atoms with Gasteiger partial charge in [-0.15, -0.1) is 0 Å². The van der Waals surface area contributed by atoms with E-state index >= 15 is 0 Å². The molecule has 0 aliphatic carbocycles. The van der Waals surface area contributed by atoms with Crippen molar-refractivity contribution in [2.24, 2.45) is 5.41 Å². The Labute approximate surface area is 110 Å². The van der Waals surface area contributed by atoms with Crippen LogP contribution in [0.5, 0.6) is 0 Å². The van der Waals surface area contributed by atoms with E-state index in [0.717, 1.165) is 6.54 Å². The zero-order valence-corrected chi connectivity index (χ0v) is 11.8. The van der Waals surface area contributed by atoms with Gasteiger partial charge in [-0.2, -0.15) is 0 Å². The van der Waals surface area contributed by atoms with Gasteiger partial charge in [0.05, 0.1) is 0 Å². The van der Waals surface area contributed by atoms with E-state index in [2.05, 4.69) is 75.5 Å². The lowest BCUT2D eigenvalue weighted by Gasteiger charge is -2.23. The predicted octanol–water partition coefficient (Wildman–Crippen LogP) is 4.54. The number of hydrogen-bond donors (Lipinski definition) is 1. The fraction of sp³-hybridized carbons (Fsp3) is 0.412. The zero-order chi connectivity index (χ0) is 13.2. The molecule has 0 aromatic heterocycles. The van der Waals surface area contributed by atoms with Crippen molar-refractivity contribution in [1.29, 1.82) is 0 Å². The minimum Gasteiger partial charge on any atom is -0.310 e. The summed E-state index contributed by atoms with van der Waals surface area (Å²) in [5, 5.41) is 6.23. The minimum absolute atomic E-state index is 0.325. The van der Waals surface area contributed by atoms with E-state index in [-0.39, 0.29) is 0 Å². The molecule has 2 aromatic rings. The zero-order valence-electron chi connectivity index (χ0n) is 11.8. The second-order valence-electron chi connectivity index (χ2n) is 6.27. The lowest BCUT2D eigenvalue weighted by molar-refractivity contribution is 0.359. The van der Waals surface area contributed by atoms with Crippen molar-refractivity contribution in [3.63, 3.8) is 0 Å². The van der Waals surface area contributed by atoms with Gasteiger partial charge in [-0.05, 0) is 34.7 Å². The summed E-state index contributed by atoms with van der Waals surface area (Å²) >= 11 is 0. The van der Waals surface area contributed by atoms with Crippen LogP contribution in [0.15, 0.2) is 42.5 Å². The third kappa shape index (κ3) is 3.33. The molecule has 1 N–H and O–H groups in total. The summed E-state index contributed by atoms with van der Waals surface area (Å²) in [7, 11) is 0. The standard InChI is InChI=1S/C17H23N/c1-13(18-12-17(2,3)4)15-10-9-14-7-5-6-8-16(14)11-15/h5-11,13,18H,12H2,1-4H3. The second-order valence-corrected chi connectivity index (χ2v) is 6.27. The van der Waals surface area contributed by atoms with E-state index in [1.54, 1.807) is 0 Å². The highest BCUT2D eigenvalue weighted by atomic mass is 14.9. The molecule has 0 aliphatic heterocycles. The lowest BCUT2D eigenvalue weighted by atomic mass is 9.95. The van der Waals surface area contributed by atoms with Crippen LogP contribution in [-0.2, 0) is 0 Å². The quantitative estimate of drug-likeness (QED) is 0.832. The first-order valence-electron chi connectivity index (χ1n) is 6.68. The van der Waals surface area contributed by atoms with E-state index in [1.165, 1.54) is 16.3 Å². The maximum atomic E-state index is 3.60. The van der Waals surface area contributed by atoms with Gasteiger partial charge in [-0.1, -0.05) is 57.2 Å². The fourth-order valence-electron chi connectivity index (χ4n) is 2.05. The Morgan fingerprint density at radius 2 is 1.67 bits per heavy atom. The van der Waals surface area contributed by atoms with Crippen LogP contribution < -0.4 is 5.32 Å². The van der Waals surface area contributed by atoms with Gasteiger partial charge < -0.3 is 5.32 Å². The van der Waals surface area contributed by atoms with E-state index in [0.29, 0.717) is 11.5 Å². The van der Waals surface area contributed by atoms with Crippen LogP contribution in [0.2, 0.25) is 0 Å². The number of benzene rings is 2. The summed E-state index contributed by atoms with van der Waals surface area (Å²) < 4.78 is 0. The summed E-state index contributed by atoms with van der Waals surface area (Å²) in [4.78, 5) is 0. The highest BCUT2D eigenvalue weighted by Gasteiger charge is 2.12. The molecule has 18 heavy (non-hydrogen) atoms. The molecular formula is C17H23N. The Balaban J connectivity index is 2.15. The predicted molar refractivity (Wildman–Crippen MR) is 79.8 cm³/mol. The Kier molecular flexibility index (Phi) is 3.72. The molecule has 0 saturated heterocycles. The third-order valence-corrected chi connectivity index (χ3v) is 3.21. The molecular weight excluding hydrogens is 218 g/mol. The summed E-state index contributed by atoms with van der Waals surface area (Å²) in [6, 6.07) is 15.6. The Morgan fingerprint density at radius 3 is 2.33 bits per heavy atom. The average molecular weight is 241 g/mol. The smallest absolute Gasteiger partial charge is 0.0292 e. The first-order valence-corrected chi connectivity index (χ1v) is 6.68. The molecule has 1 heteroatoms. The van der Waals surface area contributed by atoms with Crippen molar-refractivity contribution in [3.8, 4) is 0 Å². The van der Waals surface area contributed by atoms with Gasteiger partial charge in [0.2, 0.25) is 0 Å². The molecule has 1 nitrogen and oxygen atoms in total. The molecule has 0 heterocycles. The molecule has 2 aromatic carbocycles. The van der Waals surface area contributed by atoms with E-state index in [4.69, 9.17) is 0 Å². The van der Waals surface area contributed by atoms with Gasteiger partial charge in [0.25, 0.3) is 0 Å². The Morgan fingerprint density at radius 1 is 1.00 bits per heavy atom. The summed E-state index contributed by atoms with van der Waals surface area (Å²) in [6.07, 6.45) is 0. The number of nitrogens with one attached hydrogen (secondary N) is 1. The van der Waals surface area contributed by atoms with Crippen LogP contribution >= 0.6 is 0 Å². The lowest BCUT2D eigenvalue weighted by Crippen LogP contribution is -2.29. The first kappa shape index (κ1) is 13.1. The first-order chi connectivity index (χ1) is 8.46. The molecule has 0 bridgehead atoms. The van der Waals surface area contributed by atoms with Gasteiger partial charge in [-0.25, -0.2) is 0 Å². The fourth-order valence-corrected chi connectivity index (χ4v) is 2.05. The molecule has 1 unspecified atom stereocenters. The van der Waals surface area contributed by atoms with Crippen molar-refractivity contribution in [1.82, 2.24) is 5.32 Å². The topological polar surface area (TPSA) is 12.0 Å². The van der Waals surface area contributed by atoms with Gasteiger partial charge in [0.15, 0.2) is 0 Å². The van der Waals surface area contributed by atoms with Crippen LogP contribution in [0.3, 0.4) is 0 Å². The molecule has 0 saturated carbocycles. The molecule has 1 atom stereocenters. The Bertz CT molecular complexity index is 522. The third-order valence-electron chi connectivity index (χ3n) is 3.21. The van der Waals surface area contributed by atoms with Crippen molar-refractivity contribution in [2.75, 3.05) is 6.54 Å². The maximum Gasteiger partial charge on any atom is 0.0292 e. The maximum absolute atomic E-state index is 3.60. The molecule has 0 amide bonds. The van der Waals surface area contributed by atoms with Crippen molar-refractivity contribution in [2.45, 2.75) is 33.7 Å². The van der Waals surface area contributed by atoms with E-state index in [9.17, 15) is 0 Å². The average Bonchev–Trinajstić information content (AvgIpc) is 2.34. The number of hydrogen-bond acceptors (Lipinski definition) is 1. The van der Waals surface area contributed by atoms with Gasteiger partial charge >= 0.3 is 0 Å². The number of fused-ring (bicyclic) bond motifs is 1. The second kappa shape index (κ2) is 5.11. The van der Waals surface area contributed by atoms with Gasteiger partial charge in [0, 0.05) is 12.6 Å². The normalized spacial score (nSPS) is 13.8. The highest BCUT2D eigenvalue weighted by molar-refractivity contribution is 5.83. The largest absolute Gasteiger partial charge is 0.310 e. The van der Waals surface area contributed by atoms with Gasteiger partial charge in [-0.3, -0.25) is 0 Å². The minimum atomic E-state index is 0.325. The molecule has 96 valence electrons. The van der Waals surface area contributed by atoms with Crippen LogP contribution in [0, 0.1) is 5.41 Å². The van der Waals surface area contributed by atoms with Crippen molar-refractivity contribution >= 4 is 10.8 Å². The highest BCUT2D eigenvalue weighted by Crippen LogP contribution is 2.21. The number of rotatable bonds is 3. The molecule has 0 radical (unpaired) electrons. The summed E-state index contributed by atoms with van der Waals surface area (Å²) in [5.74, 6) is 0. The monoisotopic (exact) mass is 241 g/mol. The Hall–Kier alpha value is -1.34. The van der Waals surface area contributed by atoms with E-state index in [1.807, 2.05) is 0 Å². The molecule has 0 aliphatic rings. The van der Waals surface area contributed by atoms with Crippen LogP contribution in [0.4, 0.5) is 0 Å². The van der Waals surface area contributed by atoms with Gasteiger partial charge in [0.1, 0.15) is 0 Å². The van der Waals surface area contributed by atoms with Crippen molar-refractivity contribution < 1.29 is 0 Å². The van der Waals surface area contributed by atoms with Crippen LogP contribution in [0.1, 0.15) is 39.3 Å². The molecule has 0 fully saturated rings. The summed E-state index contributed by atoms with van der Waals surface area (Å²) in [5.41, 5.74) is 1.68. The van der Waals surface area contributed by atoms with Crippen LogP contribution in [-0.4, -0.2) is 6.54 Å².